The highest BCUT2D eigenvalue weighted by Crippen LogP contribution is 2.35. The first-order valence-corrected chi connectivity index (χ1v) is 8.95. The SMILES string of the molecule is COc1ccc(Br)c(CC(CNC(C)C)C2CCCC2)c1. The number of rotatable bonds is 7. The summed E-state index contributed by atoms with van der Waals surface area (Å²) >= 11 is 3.70. The average Bonchev–Trinajstić information content (AvgIpc) is 2.99. The molecule has 0 saturated heterocycles. The van der Waals surface area contributed by atoms with E-state index in [1.807, 2.05) is 6.07 Å². The summed E-state index contributed by atoms with van der Waals surface area (Å²) in [5.74, 6) is 2.54. The lowest BCUT2D eigenvalue weighted by molar-refractivity contribution is 0.312. The Bertz CT molecular complexity index is 441. The lowest BCUT2D eigenvalue weighted by Gasteiger charge is -2.26. The molecule has 1 aliphatic carbocycles. The summed E-state index contributed by atoms with van der Waals surface area (Å²) in [6.45, 7) is 5.58. The molecular formula is C18H28BrNO. The highest BCUT2D eigenvalue weighted by Gasteiger charge is 2.25. The van der Waals surface area contributed by atoms with Crippen molar-refractivity contribution < 1.29 is 4.74 Å². The summed E-state index contributed by atoms with van der Waals surface area (Å²) in [5, 5.41) is 3.64. The van der Waals surface area contributed by atoms with Gasteiger partial charge in [0.25, 0.3) is 0 Å². The number of hydrogen-bond donors (Lipinski definition) is 1. The van der Waals surface area contributed by atoms with Crippen LogP contribution in [0, 0.1) is 11.8 Å². The lowest BCUT2D eigenvalue weighted by Crippen LogP contribution is -2.33. The van der Waals surface area contributed by atoms with E-state index >= 15 is 0 Å². The zero-order chi connectivity index (χ0) is 15.2. The molecule has 1 aromatic rings. The first-order valence-electron chi connectivity index (χ1n) is 8.16. The molecule has 0 aliphatic heterocycles. The van der Waals surface area contributed by atoms with Crippen molar-refractivity contribution in [2.75, 3.05) is 13.7 Å². The molecule has 1 aliphatic rings. The Kier molecular flexibility index (Phi) is 6.56. The molecule has 3 heteroatoms. The number of ether oxygens (including phenoxy) is 1. The maximum atomic E-state index is 5.38. The van der Waals surface area contributed by atoms with Crippen molar-refractivity contribution in [1.29, 1.82) is 0 Å². The van der Waals surface area contributed by atoms with Crippen molar-refractivity contribution >= 4 is 15.9 Å². The molecule has 2 rings (SSSR count). The minimum absolute atomic E-state index is 0.558. The first kappa shape index (κ1) is 16.8. The van der Waals surface area contributed by atoms with Crippen LogP contribution in [0.5, 0.6) is 5.75 Å². The van der Waals surface area contributed by atoms with Crippen molar-refractivity contribution in [3.8, 4) is 5.75 Å². The van der Waals surface area contributed by atoms with Gasteiger partial charge in [0, 0.05) is 10.5 Å². The van der Waals surface area contributed by atoms with Gasteiger partial charge in [0.15, 0.2) is 0 Å². The van der Waals surface area contributed by atoms with Gasteiger partial charge in [-0.15, -0.1) is 0 Å². The number of methoxy groups -OCH3 is 1. The molecule has 0 heterocycles. The van der Waals surface area contributed by atoms with Gasteiger partial charge in [-0.3, -0.25) is 0 Å². The molecular weight excluding hydrogens is 326 g/mol. The van der Waals surface area contributed by atoms with E-state index in [-0.39, 0.29) is 0 Å². The van der Waals surface area contributed by atoms with Gasteiger partial charge in [0.05, 0.1) is 7.11 Å². The summed E-state index contributed by atoms with van der Waals surface area (Å²) in [7, 11) is 1.74. The van der Waals surface area contributed by atoms with Gasteiger partial charge >= 0.3 is 0 Å². The standard InChI is InChI=1S/C18H28BrNO/c1-13(2)20-12-16(14-6-4-5-7-14)10-15-11-17(21-3)8-9-18(15)19/h8-9,11,13-14,16,20H,4-7,10,12H2,1-3H3. The third kappa shape index (κ3) is 5.00. The van der Waals surface area contributed by atoms with Crippen LogP contribution in [0.4, 0.5) is 0 Å². The summed E-state index contributed by atoms with van der Waals surface area (Å²) in [4.78, 5) is 0. The first-order chi connectivity index (χ1) is 10.1. The molecule has 0 amide bonds. The Morgan fingerprint density at radius 3 is 2.62 bits per heavy atom. The second-order valence-electron chi connectivity index (χ2n) is 6.53. The number of nitrogens with one attached hydrogen (secondary N) is 1. The predicted molar refractivity (Wildman–Crippen MR) is 93.0 cm³/mol. The highest BCUT2D eigenvalue weighted by molar-refractivity contribution is 9.10. The molecule has 0 radical (unpaired) electrons. The maximum Gasteiger partial charge on any atom is 0.119 e. The predicted octanol–water partition coefficient (Wildman–Crippen LogP) is 4.80. The summed E-state index contributed by atoms with van der Waals surface area (Å²) in [5.41, 5.74) is 1.37. The van der Waals surface area contributed by atoms with Gasteiger partial charge in [-0.25, -0.2) is 0 Å². The van der Waals surface area contributed by atoms with E-state index in [2.05, 4.69) is 47.2 Å². The number of benzene rings is 1. The fourth-order valence-corrected chi connectivity index (χ4v) is 3.75. The second-order valence-corrected chi connectivity index (χ2v) is 7.38. The molecule has 0 aromatic heterocycles. The van der Waals surface area contributed by atoms with Crippen molar-refractivity contribution in [3.63, 3.8) is 0 Å². The lowest BCUT2D eigenvalue weighted by atomic mass is 9.85. The van der Waals surface area contributed by atoms with Crippen LogP contribution < -0.4 is 10.1 Å². The Morgan fingerprint density at radius 2 is 2.00 bits per heavy atom. The average molecular weight is 354 g/mol. The van der Waals surface area contributed by atoms with Gasteiger partial charge in [0.2, 0.25) is 0 Å². The van der Waals surface area contributed by atoms with E-state index in [9.17, 15) is 0 Å². The van der Waals surface area contributed by atoms with Crippen LogP contribution >= 0.6 is 15.9 Å². The molecule has 1 atom stereocenters. The third-order valence-electron chi connectivity index (χ3n) is 4.59. The molecule has 21 heavy (non-hydrogen) atoms. The summed E-state index contributed by atoms with van der Waals surface area (Å²) in [6.07, 6.45) is 6.73. The van der Waals surface area contributed by atoms with Crippen LogP contribution in [-0.4, -0.2) is 19.7 Å². The fraction of sp³-hybridized carbons (Fsp3) is 0.667. The van der Waals surface area contributed by atoms with Gasteiger partial charge in [-0.05, 0) is 48.6 Å². The Hall–Kier alpha value is -0.540. The molecule has 1 saturated carbocycles. The smallest absolute Gasteiger partial charge is 0.119 e. The minimum atomic E-state index is 0.558. The van der Waals surface area contributed by atoms with Crippen molar-refractivity contribution in [2.45, 2.75) is 52.0 Å². The largest absolute Gasteiger partial charge is 0.497 e. The van der Waals surface area contributed by atoms with Gasteiger partial charge < -0.3 is 10.1 Å². The third-order valence-corrected chi connectivity index (χ3v) is 5.36. The fourth-order valence-electron chi connectivity index (χ4n) is 3.34. The van der Waals surface area contributed by atoms with Crippen LogP contribution in [0.2, 0.25) is 0 Å². The van der Waals surface area contributed by atoms with Crippen LogP contribution in [-0.2, 0) is 6.42 Å². The van der Waals surface area contributed by atoms with E-state index in [4.69, 9.17) is 4.74 Å². The number of halogens is 1. The Labute approximate surface area is 137 Å². The molecule has 0 spiro atoms. The summed E-state index contributed by atoms with van der Waals surface area (Å²) < 4.78 is 6.58. The van der Waals surface area contributed by atoms with E-state index in [1.54, 1.807) is 7.11 Å². The van der Waals surface area contributed by atoms with Crippen molar-refractivity contribution in [1.82, 2.24) is 5.32 Å². The molecule has 2 nitrogen and oxygen atoms in total. The Morgan fingerprint density at radius 1 is 1.29 bits per heavy atom. The highest BCUT2D eigenvalue weighted by atomic mass is 79.9. The summed E-state index contributed by atoms with van der Waals surface area (Å²) in [6, 6.07) is 6.87. The van der Waals surface area contributed by atoms with Crippen LogP contribution in [0.1, 0.15) is 45.1 Å². The molecule has 1 aromatic carbocycles. The van der Waals surface area contributed by atoms with Crippen LogP contribution in [0.15, 0.2) is 22.7 Å². The van der Waals surface area contributed by atoms with E-state index in [1.165, 1.54) is 35.7 Å². The zero-order valence-electron chi connectivity index (χ0n) is 13.5. The quantitative estimate of drug-likeness (QED) is 0.759. The van der Waals surface area contributed by atoms with Crippen molar-refractivity contribution in [2.24, 2.45) is 11.8 Å². The Balaban J connectivity index is 2.09. The molecule has 1 unspecified atom stereocenters. The molecule has 1 N–H and O–H groups in total. The van der Waals surface area contributed by atoms with E-state index in [0.717, 1.165) is 30.6 Å². The minimum Gasteiger partial charge on any atom is -0.497 e. The topological polar surface area (TPSA) is 21.3 Å². The van der Waals surface area contributed by atoms with Gasteiger partial charge in [0.1, 0.15) is 5.75 Å². The van der Waals surface area contributed by atoms with E-state index in [0.29, 0.717) is 6.04 Å². The number of hydrogen-bond acceptors (Lipinski definition) is 2. The van der Waals surface area contributed by atoms with Crippen molar-refractivity contribution in [3.05, 3.63) is 28.2 Å². The van der Waals surface area contributed by atoms with E-state index < -0.39 is 0 Å². The van der Waals surface area contributed by atoms with Crippen LogP contribution in [0.25, 0.3) is 0 Å². The zero-order valence-corrected chi connectivity index (χ0v) is 15.1. The van der Waals surface area contributed by atoms with Gasteiger partial charge in [-0.1, -0.05) is 55.5 Å². The second kappa shape index (κ2) is 8.19. The molecule has 1 fully saturated rings. The van der Waals surface area contributed by atoms with Crippen LogP contribution in [0.3, 0.4) is 0 Å². The monoisotopic (exact) mass is 353 g/mol. The van der Waals surface area contributed by atoms with Gasteiger partial charge in [-0.2, -0.15) is 0 Å². The maximum absolute atomic E-state index is 5.38. The normalized spacial score (nSPS) is 17.4. The molecule has 118 valence electrons. The molecule has 0 bridgehead atoms.